The smallest absolute Gasteiger partial charge is 0.379 e. The van der Waals surface area contributed by atoms with Crippen molar-refractivity contribution < 1.29 is 14.8 Å². The first-order chi connectivity index (χ1) is 11.1. The Morgan fingerprint density at radius 3 is 1.91 bits per heavy atom. The van der Waals surface area contributed by atoms with Gasteiger partial charge in [0.05, 0.1) is 0 Å². The van der Waals surface area contributed by atoms with Crippen molar-refractivity contribution in [1.82, 2.24) is 0 Å². The van der Waals surface area contributed by atoms with Crippen LogP contribution >= 0.6 is 0 Å². The van der Waals surface area contributed by atoms with Gasteiger partial charge in [-0.2, -0.15) is 0 Å². The van der Waals surface area contributed by atoms with Crippen LogP contribution in [0.3, 0.4) is 0 Å². The summed E-state index contributed by atoms with van der Waals surface area (Å²) in [7, 11) is 0. The molecule has 0 aliphatic rings. The number of unbranched alkanes of at least 4 members (excludes halogenated alkanes) is 10. The zero-order valence-electron chi connectivity index (χ0n) is 14.5. The van der Waals surface area contributed by atoms with Gasteiger partial charge >= 0.3 is 12.0 Å². The molecule has 0 fully saturated rings. The summed E-state index contributed by atoms with van der Waals surface area (Å²) >= 11 is 0. The third-order valence-corrected chi connectivity index (χ3v) is 4.03. The Labute approximate surface area is 140 Å². The Morgan fingerprint density at radius 2 is 1.43 bits per heavy atom. The van der Waals surface area contributed by atoms with Crippen LogP contribution in [0.25, 0.3) is 0 Å². The van der Waals surface area contributed by atoms with Crippen LogP contribution in [0.1, 0.15) is 90.4 Å². The molecule has 0 aromatic carbocycles. The molecule has 5 nitrogen and oxygen atoms in total. The average Bonchev–Trinajstić information content (AvgIpc) is 2.50. The van der Waals surface area contributed by atoms with Crippen LogP contribution in [-0.4, -0.2) is 22.0 Å². The van der Waals surface area contributed by atoms with Crippen LogP contribution in [0.5, 0.6) is 0 Å². The maximum absolute atomic E-state index is 10.7. The van der Waals surface area contributed by atoms with E-state index in [0.29, 0.717) is 6.42 Å². The summed E-state index contributed by atoms with van der Waals surface area (Å²) in [5, 5.41) is 19.2. The van der Waals surface area contributed by atoms with E-state index in [0.717, 1.165) is 32.1 Å². The first-order valence-corrected chi connectivity index (χ1v) is 9.10. The number of nitro groups is 1. The number of hydrogen-bond acceptors (Lipinski definition) is 3. The zero-order chi connectivity index (χ0) is 17.3. The summed E-state index contributed by atoms with van der Waals surface area (Å²) in [5.41, 5.74) is 0. The zero-order valence-corrected chi connectivity index (χ0v) is 14.5. The number of carboxylic acids is 1. The molecule has 0 radical (unpaired) electrons. The fourth-order valence-electron chi connectivity index (χ4n) is 2.55. The van der Waals surface area contributed by atoms with Crippen molar-refractivity contribution in [3.05, 3.63) is 22.3 Å². The normalized spacial score (nSPS) is 12.6. The minimum atomic E-state index is -1.44. The van der Waals surface area contributed by atoms with Gasteiger partial charge in [0, 0.05) is 11.3 Å². The molecule has 1 unspecified atom stereocenters. The van der Waals surface area contributed by atoms with Gasteiger partial charge in [-0.05, 0) is 32.1 Å². The summed E-state index contributed by atoms with van der Waals surface area (Å²) in [6, 6.07) is -1.44. The largest absolute Gasteiger partial charge is 0.476 e. The van der Waals surface area contributed by atoms with Crippen LogP contribution in [0, 0.1) is 10.1 Å². The highest BCUT2D eigenvalue weighted by Gasteiger charge is 2.27. The van der Waals surface area contributed by atoms with E-state index < -0.39 is 16.9 Å². The second-order valence-corrected chi connectivity index (χ2v) is 6.16. The summed E-state index contributed by atoms with van der Waals surface area (Å²) < 4.78 is 0. The summed E-state index contributed by atoms with van der Waals surface area (Å²) in [6.07, 6.45) is 18.3. The van der Waals surface area contributed by atoms with E-state index in [1.54, 1.807) is 0 Å². The fourth-order valence-corrected chi connectivity index (χ4v) is 2.55. The molecular weight excluding hydrogens is 294 g/mol. The molecule has 134 valence electrons. The van der Waals surface area contributed by atoms with Gasteiger partial charge < -0.3 is 5.11 Å². The van der Waals surface area contributed by atoms with Crippen LogP contribution in [0.2, 0.25) is 0 Å². The molecule has 0 aromatic heterocycles. The third-order valence-electron chi connectivity index (χ3n) is 4.03. The van der Waals surface area contributed by atoms with Crippen molar-refractivity contribution in [1.29, 1.82) is 0 Å². The predicted molar refractivity (Wildman–Crippen MR) is 93.3 cm³/mol. The van der Waals surface area contributed by atoms with E-state index in [1.165, 1.54) is 38.5 Å². The highest BCUT2D eigenvalue weighted by Crippen LogP contribution is 2.11. The summed E-state index contributed by atoms with van der Waals surface area (Å²) in [4.78, 5) is 20.5. The molecule has 1 N–H and O–H groups in total. The van der Waals surface area contributed by atoms with Crippen LogP contribution in [0.15, 0.2) is 12.2 Å². The number of allylic oxidation sites excluding steroid dienone is 2. The first-order valence-electron chi connectivity index (χ1n) is 9.10. The highest BCUT2D eigenvalue weighted by atomic mass is 16.6. The fraction of sp³-hybridized carbons (Fsp3) is 0.833. The van der Waals surface area contributed by atoms with Gasteiger partial charge in [-0.15, -0.1) is 0 Å². The average molecular weight is 327 g/mol. The molecule has 0 aliphatic heterocycles. The molecule has 5 heteroatoms. The Kier molecular flexibility index (Phi) is 14.6. The topological polar surface area (TPSA) is 80.4 Å². The minimum absolute atomic E-state index is 0.135. The van der Waals surface area contributed by atoms with Gasteiger partial charge in [-0.1, -0.05) is 64.0 Å². The SMILES string of the molecule is CCCCCCCC/C=C/CCCCCCC(C(=O)O)[N+](=O)[O-]. The standard InChI is InChI=1S/C18H33NO4/c1-2-3-4-5-6-7-8-9-10-11-12-13-14-15-16-17(18(20)21)19(22)23/h9-10,17H,2-8,11-16H2,1H3,(H,20,21)/b10-9+. The summed E-state index contributed by atoms with van der Waals surface area (Å²) in [5.74, 6) is -1.33. The number of rotatable bonds is 16. The quantitative estimate of drug-likeness (QED) is 0.179. The van der Waals surface area contributed by atoms with Gasteiger partial charge in [0.1, 0.15) is 0 Å². The number of carbonyl (C=O) groups is 1. The van der Waals surface area contributed by atoms with Crippen molar-refractivity contribution in [2.75, 3.05) is 0 Å². The van der Waals surface area contributed by atoms with E-state index in [1.807, 2.05) is 0 Å². The molecule has 1 atom stereocenters. The van der Waals surface area contributed by atoms with Crippen molar-refractivity contribution >= 4 is 5.97 Å². The first kappa shape index (κ1) is 21.6. The van der Waals surface area contributed by atoms with Crippen molar-refractivity contribution in [2.24, 2.45) is 0 Å². The van der Waals surface area contributed by atoms with Gasteiger partial charge in [0.25, 0.3) is 0 Å². The van der Waals surface area contributed by atoms with E-state index in [9.17, 15) is 14.9 Å². The van der Waals surface area contributed by atoms with Crippen LogP contribution in [0.4, 0.5) is 0 Å². The van der Waals surface area contributed by atoms with Crippen molar-refractivity contribution in [3.63, 3.8) is 0 Å². The van der Waals surface area contributed by atoms with E-state index in [-0.39, 0.29) is 6.42 Å². The number of carboxylic acid groups (broad SMARTS) is 1. The van der Waals surface area contributed by atoms with Crippen molar-refractivity contribution in [3.8, 4) is 0 Å². The molecule has 0 spiro atoms. The molecule has 0 heterocycles. The number of nitrogens with zero attached hydrogens (tertiary/aromatic N) is 1. The molecule has 0 rings (SSSR count). The van der Waals surface area contributed by atoms with Crippen LogP contribution < -0.4 is 0 Å². The lowest BCUT2D eigenvalue weighted by atomic mass is 10.1. The monoisotopic (exact) mass is 327 g/mol. The highest BCUT2D eigenvalue weighted by molar-refractivity contribution is 5.71. The summed E-state index contributed by atoms with van der Waals surface area (Å²) in [6.45, 7) is 2.23. The van der Waals surface area contributed by atoms with Crippen LogP contribution in [-0.2, 0) is 4.79 Å². The Hall–Kier alpha value is -1.39. The molecule has 0 amide bonds. The molecule has 0 aromatic rings. The van der Waals surface area contributed by atoms with Gasteiger partial charge in [-0.25, -0.2) is 4.79 Å². The van der Waals surface area contributed by atoms with E-state index in [2.05, 4.69) is 19.1 Å². The predicted octanol–water partition coefficient (Wildman–Crippen LogP) is 5.36. The Morgan fingerprint density at radius 1 is 0.957 bits per heavy atom. The van der Waals surface area contributed by atoms with Gasteiger partial charge in [0.15, 0.2) is 0 Å². The lowest BCUT2D eigenvalue weighted by molar-refractivity contribution is -0.511. The molecule has 0 saturated heterocycles. The van der Waals surface area contributed by atoms with E-state index >= 15 is 0 Å². The lowest BCUT2D eigenvalue weighted by Gasteiger charge is -2.04. The van der Waals surface area contributed by atoms with E-state index in [4.69, 9.17) is 5.11 Å². The molecule has 0 aliphatic carbocycles. The number of aliphatic carboxylic acids is 1. The van der Waals surface area contributed by atoms with Gasteiger partial charge in [-0.3, -0.25) is 10.1 Å². The minimum Gasteiger partial charge on any atom is -0.476 e. The molecular formula is C18H33NO4. The molecule has 0 saturated carbocycles. The second-order valence-electron chi connectivity index (χ2n) is 6.16. The lowest BCUT2D eigenvalue weighted by Crippen LogP contribution is -2.28. The Balaban J connectivity index is 3.37. The maximum atomic E-state index is 10.7. The van der Waals surface area contributed by atoms with Crippen molar-refractivity contribution in [2.45, 2.75) is 96.4 Å². The maximum Gasteiger partial charge on any atom is 0.379 e. The molecule has 0 bridgehead atoms. The molecule has 23 heavy (non-hydrogen) atoms. The third kappa shape index (κ3) is 14.0. The second kappa shape index (κ2) is 15.5. The number of hydrogen-bond donors (Lipinski definition) is 1. The van der Waals surface area contributed by atoms with Gasteiger partial charge in [0.2, 0.25) is 0 Å². The Bertz CT molecular complexity index is 328.